The quantitative estimate of drug-likeness (QED) is 0.758. The van der Waals surface area contributed by atoms with Gasteiger partial charge in [-0.2, -0.15) is 13.2 Å². The summed E-state index contributed by atoms with van der Waals surface area (Å²) in [5.41, 5.74) is 1.83. The zero-order chi connectivity index (χ0) is 20.0. The smallest absolute Gasteiger partial charge is 0.378 e. The molecular formula is C21H23F3N2O2. The maximum absolute atomic E-state index is 12.6. The molecule has 0 radical (unpaired) electrons. The molecule has 1 saturated heterocycles. The minimum Gasteiger partial charge on any atom is -0.378 e. The van der Waals surface area contributed by atoms with Crippen molar-refractivity contribution in [3.05, 3.63) is 65.2 Å². The van der Waals surface area contributed by atoms with E-state index in [0.717, 1.165) is 51.3 Å². The summed E-state index contributed by atoms with van der Waals surface area (Å²) >= 11 is 0. The first kappa shape index (κ1) is 20.2. The summed E-state index contributed by atoms with van der Waals surface area (Å²) in [6, 6.07) is 12.6. The molecule has 1 aliphatic heterocycles. The van der Waals surface area contributed by atoms with Crippen LogP contribution in [0.4, 0.5) is 18.9 Å². The van der Waals surface area contributed by atoms with Crippen LogP contribution in [0.25, 0.3) is 0 Å². The predicted molar refractivity (Wildman–Crippen MR) is 102 cm³/mol. The van der Waals surface area contributed by atoms with E-state index < -0.39 is 11.7 Å². The normalized spacial score (nSPS) is 14.8. The molecule has 150 valence electrons. The average molecular weight is 392 g/mol. The third-order valence-corrected chi connectivity index (χ3v) is 4.71. The number of ether oxygens (including phenoxy) is 1. The molecule has 3 rings (SSSR count). The number of halogens is 3. The number of carbonyl (C=O) groups is 1. The summed E-state index contributed by atoms with van der Waals surface area (Å²) < 4.78 is 43.0. The topological polar surface area (TPSA) is 41.6 Å². The highest BCUT2D eigenvalue weighted by atomic mass is 19.4. The number of alkyl halides is 3. The first-order chi connectivity index (χ1) is 13.4. The van der Waals surface area contributed by atoms with Gasteiger partial charge in [0.2, 0.25) is 0 Å². The van der Waals surface area contributed by atoms with Gasteiger partial charge in [0.15, 0.2) is 0 Å². The first-order valence-electron chi connectivity index (χ1n) is 9.30. The van der Waals surface area contributed by atoms with Gasteiger partial charge >= 0.3 is 6.18 Å². The van der Waals surface area contributed by atoms with Crippen LogP contribution >= 0.6 is 0 Å². The van der Waals surface area contributed by atoms with Gasteiger partial charge in [-0.15, -0.1) is 0 Å². The van der Waals surface area contributed by atoms with E-state index in [4.69, 9.17) is 4.74 Å². The second-order valence-corrected chi connectivity index (χ2v) is 6.70. The third kappa shape index (κ3) is 5.48. The summed E-state index contributed by atoms with van der Waals surface area (Å²) in [6.07, 6.45) is -2.83. The van der Waals surface area contributed by atoms with Gasteiger partial charge in [-0.3, -0.25) is 4.79 Å². The summed E-state index contributed by atoms with van der Waals surface area (Å²) in [5.74, 6) is -0.364. The number of hydrogen-bond donors (Lipinski definition) is 1. The average Bonchev–Trinajstić information content (AvgIpc) is 2.71. The Morgan fingerprint density at radius 3 is 2.25 bits per heavy atom. The lowest BCUT2D eigenvalue weighted by molar-refractivity contribution is -0.137. The van der Waals surface area contributed by atoms with Gasteiger partial charge in [-0.1, -0.05) is 12.1 Å². The van der Waals surface area contributed by atoms with Gasteiger partial charge in [0.1, 0.15) is 0 Å². The molecule has 0 saturated carbocycles. The Balaban J connectivity index is 1.42. The molecule has 1 amide bonds. The number of nitrogens with zero attached hydrogens (tertiary/aromatic N) is 1. The van der Waals surface area contributed by atoms with E-state index in [2.05, 4.69) is 34.5 Å². The third-order valence-electron chi connectivity index (χ3n) is 4.71. The molecule has 0 bridgehead atoms. The van der Waals surface area contributed by atoms with Gasteiger partial charge in [0.25, 0.3) is 5.91 Å². The Kier molecular flexibility index (Phi) is 6.57. The Labute approximate surface area is 162 Å². The molecular weight excluding hydrogens is 369 g/mol. The number of anilines is 1. The van der Waals surface area contributed by atoms with E-state index in [1.54, 1.807) is 0 Å². The summed E-state index contributed by atoms with van der Waals surface area (Å²) in [6.45, 7) is 3.76. The molecule has 7 heteroatoms. The molecule has 0 aliphatic carbocycles. The summed E-state index contributed by atoms with van der Waals surface area (Å²) in [7, 11) is 0. The van der Waals surface area contributed by atoms with E-state index >= 15 is 0 Å². The Morgan fingerprint density at radius 2 is 1.64 bits per heavy atom. The number of aryl methyl sites for hydroxylation is 1. The Hall–Kier alpha value is -2.54. The molecule has 4 nitrogen and oxygen atoms in total. The molecule has 2 aromatic rings. The molecule has 1 N–H and O–H groups in total. The highest BCUT2D eigenvalue weighted by molar-refractivity contribution is 5.94. The molecule has 0 unspecified atom stereocenters. The van der Waals surface area contributed by atoms with E-state index in [1.807, 2.05) is 0 Å². The summed E-state index contributed by atoms with van der Waals surface area (Å²) in [5, 5.41) is 2.75. The van der Waals surface area contributed by atoms with Gasteiger partial charge < -0.3 is 15.0 Å². The van der Waals surface area contributed by atoms with Crippen molar-refractivity contribution in [2.75, 3.05) is 37.7 Å². The van der Waals surface area contributed by atoms with Crippen LogP contribution in [0, 0.1) is 0 Å². The van der Waals surface area contributed by atoms with Gasteiger partial charge in [0, 0.05) is 30.9 Å². The highest BCUT2D eigenvalue weighted by Crippen LogP contribution is 2.29. The number of nitrogens with one attached hydrogen (secondary N) is 1. The van der Waals surface area contributed by atoms with Crippen molar-refractivity contribution < 1.29 is 22.7 Å². The van der Waals surface area contributed by atoms with Crippen molar-refractivity contribution in [3.8, 4) is 0 Å². The largest absolute Gasteiger partial charge is 0.416 e. The number of carbonyl (C=O) groups excluding carboxylic acids is 1. The van der Waals surface area contributed by atoms with Crippen LogP contribution in [0.3, 0.4) is 0 Å². The van der Waals surface area contributed by atoms with Gasteiger partial charge in [-0.05, 0) is 54.8 Å². The molecule has 2 aromatic carbocycles. The lowest BCUT2D eigenvalue weighted by Crippen LogP contribution is -2.36. The van der Waals surface area contributed by atoms with Crippen LogP contribution < -0.4 is 10.2 Å². The van der Waals surface area contributed by atoms with Crippen LogP contribution in [-0.2, 0) is 17.3 Å². The van der Waals surface area contributed by atoms with Crippen LogP contribution in [0.15, 0.2) is 48.5 Å². The molecule has 0 atom stereocenters. The van der Waals surface area contributed by atoms with Crippen molar-refractivity contribution in [1.82, 2.24) is 5.32 Å². The fourth-order valence-corrected chi connectivity index (χ4v) is 3.10. The van der Waals surface area contributed by atoms with Crippen LogP contribution in [0.5, 0.6) is 0 Å². The number of morpholine rings is 1. The minimum absolute atomic E-state index is 0.225. The minimum atomic E-state index is -4.40. The lowest BCUT2D eigenvalue weighted by atomic mass is 10.1. The second kappa shape index (κ2) is 9.10. The zero-order valence-electron chi connectivity index (χ0n) is 15.5. The standard InChI is InChI=1S/C21H23F3N2O2/c22-21(23,24)18-7-5-17(6-8-18)20(27)25-11-1-2-16-3-9-19(10-4-16)26-12-14-28-15-13-26/h3-10H,1-2,11-15H2,(H,25,27). The fraction of sp³-hybridized carbons (Fsp3) is 0.381. The maximum Gasteiger partial charge on any atom is 0.416 e. The predicted octanol–water partition coefficient (Wildman–Crippen LogP) is 3.90. The number of amides is 1. The van der Waals surface area contributed by atoms with Crippen molar-refractivity contribution in [3.63, 3.8) is 0 Å². The zero-order valence-corrected chi connectivity index (χ0v) is 15.5. The lowest BCUT2D eigenvalue weighted by Gasteiger charge is -2.28. The SMILES string of the molecule is O=C(NCCCc1ccc(N2CCOCC2)cc1)c1ccc(C(F)(F)F)cc1. The molecule has 1 heterocycles. The highest BCUT2D eigenvalue weighted by Gasteiger charge is 2.30. The maximum atomic E-state index is 12.6. The van der Waals surface area contributed by atoms with Gasteiger partial charge in [-0.25, -0.2) is 0 Å². The van der Waals surface area contributed by atoms with E-state index in [1.165, 1.54) is 23.4 Å². The molecule has 0 aromatic heterocycles. The fourth-order valence-electron chi connectivity index (χ4n) is 3.10. The molecule has 28 heavy (non-hydrogen) atoms. The first-order valence-corrected chi connectivity index (χ1v) is 9.30. The van der Waals surface area contributed by atoms with Crippen molar-refractivity contribution in [1.29, 1.82) is 0 Å². The second-order valence-electron chi connectivity index (χ2n) is 6.70. The molecule has 1 aliphatic rings. The van der Waals surface area contributed by atoms with Gasteiger partial charge in [0.05, 0.1) is 18.8 Å². The number of benzene rings is 2. The van der Waals surface area contributed by atoms with E-state index in [0.29, 0.717) is 6.54 Å². The monoisotopic (exact) mass is 392 g/mol. The number of hydrogen-bond acceptors (Lipinski definition) is 3. The number of rotatable bonds is 6. The summed E-state index contributed by atoms with van der Waals surface area (Å²) in [4.78, 5) is 14.3. The Morgan fingerprint density at radius 1 is 1.00 bits per heavy atom. The van der Waals surface area contributed by atoms with Crippen LogP contribution in [0.1, 0.15) is 27.9 Å². The Bertz CT molecular complexity index is 768. The van der Waals surface area contributed by atoms with Crippen molar-refractivity contribution >= 4 is 11.6 Å². The van der Waals surface area contributed by atoms with Crippen LogP contribution in [-0.4, -0.2) is 38.8 Å². The van der Waals surface area contributed by atoms with E-state index in [9.17, 15) is 18.0 Å². The van der Waals surface area contributed by atoms with Crippen molar-refractivity contribution in [2.45, 2.75) is 19.0 Å². The molecule has 1 fully saturated rings. The van der Waals surface area contributed by atoms with Crippen LogP contribution in [0.2, 0.25) is 0 Å². The molecule has 0 spiro atoms. The van der Waals surface area contributed by atoms with E-state index in [-0.39, 0.29) is 11.5 Å². The van der Waals surface area contributed by atoms with Crippen molar-refractivity contribution in [2.24, 2.45) is 0 Å².